The highest BCUT2D eigenvalue weighted by Gasteiger charge is 2.57. The molecule has 9 rings (SSSR count). The smallest absolute Gasteiger partial charge is 0.410 e. The predicted octanol–water partition coefficient (Wildman–Crippen LogP) is 7.65. The number of carbonyl (C=O) groups is 8. The topological polar surface area (TPSA) is 235 Å². The first-order chi connectivity index (χ1) is 43.3. The molecule has 2 aliphatic carbocycles. The van der Waals surface area contributed by atoms with Crippen molar-refractivity contribution in [1.29, 1.82) is 0 Å². The first kappa shape index (κ1) is 69.1. The molecule has 494 valence electrons. The van der Waals surface area contributed by atoms with E-state index in [1.807, 2.05) is 100 Å². The van der Waals surface area contributed by atoms with Crippen LogP contribution in [0.1, 0.15) is 154 Å². The van der Waals surface area contributed by atoms with Crippen LogP contribution in [0.15, 0.2) is 72.8 Å². The van der Waals surface area contributed by atoms with Crippen molar-refractivity contribution >= 4 is 71.2 Å². The van der Waals surface area contributed by atoms with Crippen LogP contribution in [0.25, 0.3) is 0 Å². The number of rotatable bonds is 14. The molecule has 4 N–H and O–H groups in total. The SMILES string of the molecule is C[C@@H](C(=O)N[C@H]1CCS[C@H]2CC(C)(C)[C@@H](C(=O)N[C@H]3c4ccccc4C[C@H]3OCC#Cc3ccc(C#CCO[C@@H]4Cc5ccccc5[C@@H]4NC(=O)[C@H]4N5C(=O)[C@@H](NC(=O)[C@H](C)N(C)C(=O)OC(C)(C)C)CCS[C@H]5CC4(C)C)cc3)N2C1=O)N(C)C(=O)OC(C)(C)C. The van der Waals surface area contributed by atoms with Gasteiger partial charge in [-0.1, -0.05) is 99.9 Å². The van der Waals surface area contributed by atoms with E-state index in [4.69, 9.17) is 18.9 Å². The van der Waals surface area contributed by atoms with Crippen LogP contribution in [0, 0.1) is 34.5 Å². The molecule has 0 saturated carbocycles. The summed E-state index contributed by atoms with van der Waals surface area (Å²) in [5, 5.41) is 11.8. The maximum atomic E-state index is 14.8. The van der Waals surface area contributed by atoms with E-state index in [1.165, 1.54) is 23.9 Å². The lowest BCUT2D eigenvalue weighted by molar-refractivity contribution is -0.144. The molecule has 6 aliphatic rings. The molecule has 0 unspecified atom stereocenters. The fourth-order valence-electron chi connectivity index (χ4n) is 13.1. The van der Waals surface area contributed by atoms with Crippen LogP contribution in [-0.4, -0.2) is 176 Å². The molecule has 4 fully saturated rings. The predicted molar refractivity (Wildman–Crippen MR) is 352 cm³/mol. The van der Waals surface area contributed by atoms with E-state index in [0.29, 0.717) is 50.0 Å². The Morgan fingerprint density at radius 3 is 1.29 bits per heavy atom. The van der Waals surface area contributed by atoms with Crippen LogP contribution < -0.4 is 21.3 Å². The normalized spacial score (nSPS) is 25.8. The number of carbonyl (C=O) groups excluding carboxylic acids is 8. The second kappa shape index (κ2) is 28.1. The summed E-state index contributed by atoms with van der Waals surface area (Å²) < 4.78 is 23.9. The van der Waals surface area contributed by atoms with E-state index in [-0.39, 0.29) is 47.6 Å². The summed E-state index contributed by atoms with van der Waals surface area (Å²) in [5.74, 6) is 11.6. The summed E-state index contributed by atoms with van der Waals surface area (Å²) in [6.45, 7) is 21.8. The Kier molecular flexibility index (Phi) is 21.1. The van der Waals surface area contributed by atoms with Crippen LogP contribution in [0.4, 0.5) is 9.59 Å². The van der Waals surface area contributed by atoms with E-state index in [9.17, 15) is 38.4 Å². The van der Waals surface area contributed by atoms with E-state index in [2.05, 4.69) is 44.9 Å². The van der Waals surface area contributed by atoms with Gasteiger partial charge in [-0.25, -0.2) is 9.59 Å². The van der Waals surface area contributed by atoms with Crippen molar-refractivity contribution in [2.75, 3.05) is 38.8 Å². The van der Waals surface area contributed by atoms with Gasteiger partial charge < -0.3 is 50.0 Å². The summed E-state index contributed by atoms with van der Waals surface area (Å²) in [6, 6.07) is 17.0. The van der Waals surface area contributed by atoms with Crippen LogP contribution >= 0.6 is 23.5 Å². The van der Waals surface area contributed by atoms with Gasteiger partial charge in [-0.05, 0) is 150 Å². The number of benzene rings is 3. The Morgan fingerprint density at radius 1 is 0.576 bits per heavy atom. The first-order valence-electron chi connectivity index (χ1n) is 31.8. The summed E-state index contributed by atoms with van der Waals surface area (Å²) in [5.41, 5.74) is 2.75. The van der Waals surface area contributed by atoms with Gasteiger partial charge in [0.2, 0.25) is 35.4 Å². The number of likely N-dealkylation sites (N-methyl/N-ethyl adjacent to an activating group) is 2. The molecule has 3 aromatic rings. The minimum absolute atomic E-state index is 0.0868. The Morgan fingerprint density at radius 2 is 0.935 bits per heavy atom. The Balaban J connectivity index is 0.794. The summed E-state index contributed by atoms with van der Waals surface area (Å²) in [7, 11) is 2.97. The van der Waals surface area contributed by atoms with Gasteiger partial charge in [0.15, 0.2) is 0 Å². The maximum Gasteiger partial charge on any atom is 0.410 e. The quantitative estimate of drug-likeness (QED) is 0.114. The summed E-state index contributed by atoms with van der Waals surface area (Å²) in [6.07, 6.45) is 0.800. The first-order valence-corrected chi connectivity index (χ1v) is 33.9. The van der Waals surface area contributed by atoms with Crippen molar-refractivity contribution in [3.8, 4) is 23.7 Å². The number of fused-ring (bicyclic) bond motifs is 4. The van der Waals surface area contributed by atoms with Gasteiger partial charge >= 0.3 is 12.2 Å². The molecule has 22 heteroatoms. The highest BCUT2D eigenvalue weighted by atomic mass is 32.2. The Hall–Kier alpha value is -7.24. The molecule has 0 spiro atoms. The van der Waals surface area contributed by atoms with Gasteiger partial charge in [0.05, 0.1) is 35.0 Å². The third kappa shape index (κ3) is 15.9. The molecule has 8 amide bonds. The lowest BCUT2D eigenvalue weighted by Gasteiger charge is -2.35. The van der Waals surface area contributed by atoms with Gasteiger partial charge in [-0.2, -0.15) is 0 Å². The van der Waals surface area contributed by atoms with Gasteiger partial charge in [-0.3, -0.25) is 38.6 Å². The molecule has 20 nitrogen and oxygen atoms in total. The minimum Gasteiger partial charge on any atom is -0.444 e. The number of nitrogens with one attached hydrogen (secondary N) is 4. The average Bonchev–Trinajstić information content (AvgIpc) is 1.60. The lowest BCUT2D eigenvalue weighted by atomic mass is 9.83. The zero-order valence-electron chi connectivity index (χ0n) is 55.4. The fourth-order valence-corrected chi connectivity index (χ4v) is 16.2. The van der Waals surface area contributed by atoms with Crippen molar-refractivity contribution in [2.45, 2.75) is 204 Å². The minimum atomic E-state index is -0.923. The highest BCUT2D eigenvalue weighted by Crippen LogP contribution is 2.49. The zero-order chi connectivity index (χ0) is 66.8. The second-order valence-electron chi connectivity index (χ2n) is 28.2. The highest BCUT2D eigenvalue weighted by molar-refractivity contribution is 8.00. The van der Waals surface area contributed by atoms with E-state index in [1.54, 1.807) is 88.7 Å². The molecule has 0 aromatic heterocycles. The standard InChI is InChI=1S/C70H90N8O12S2/c1-41(75(13)65(85)89-67(3,4)5)59(79)71-49-31-35-91-53-39-69(9,10)57(77(53)63(49)83)61(81)73-55-47-25-17-15-23-45(47)37-51(55)87-33-19-21-43-27-29-44(30-28-43)22-20-34-88-52-38-46-24-16-18-26-48(46)56(52)74-62(82)58-70(11,12)40-54-78(58)64(84)50(32-36-92-54)72-60(80)42(2)76(14)66(86)90-68(6,7)8/h15-18,23-30,41-42,49-58H,31-40H2,1-14H3,(H,71,79)(H,72,80)(H,73,81)(H,74,82)/t41-,42-,49-,50-,51+,52+,53-,54-,55-,56-,57+,58+/m0/s1. The van der Waals surface area contributed by atoms with E-state index >= 15 is 0 Å². The van der Waals surface area contributed by atoms with Gasteiger partial charge in [-0.15, -0.1) is 23.5 Å². The molecule has 12 atom stereocenters. The maximum absolute atomic E-state index is 14.8. The Labute approximate surface area is 550 Å². The van der Waals surface area contributed by atoms with Crippen LogP contribution in [0.3, 0.4) is 0 Å². The number of nitrogens with zero attached hydrogens (tertiary/aromatic N) is 4. The molecule has 92 heavy (non-hydrogen) atoms. The van der Waals surface area contributed by atoms with Crippen molar-refractivity contribution < 1.29 is 57.3 Å². The van der Waals surface area contributed by atoms with Crippen LogP contribution in [-0.2, 0) is 60.6 Å². The molecule has 3 aromatic carbocycles. The average molecular weight is 1300 g/mol. The molecular formula is C70H90N8O12S2. The number of amides is 8. The third-order valence-electron chi connectivity index (χ3n) is 18.1. The number of ether oxygens (including phenoxy) is 4. The largest absolute Gasteiger partial charge is 0.444 e. The Bertz CT molecular complexity index is 3210. The van der Waals surface area contributed by atoms with E-state index in [0.717, 1.165) is 33.4 Å². The van der Waals surface area contributed by atoms with Gasteiger partial charge in [0.25, 0.3) is 0 Å². The summed E-state index contributed by atoms with van der Waals surface area (Å²) >= 11 is 3.21. The molecule has 0 bridgehead atoms. The van der Waals surface area contributed by atoms with Crippen LogP contribution in [0.5, 0.6) is 0 Å². The van der Waals surface area contributed by atoms with Crippen molar-refractivity contribution in [3.05, 3.63) is 106 Å². The zero-order valence-corrected chi connectivity index (χ0v) is 57.1. The van der Waals surface area contributed by atoms with Crippen molar-refractivity contribution in [1.82, 2.24) is 40.9 Å². The van der Waals surface area contributed by atoms with Gasteiger partial charge in [0.1, 0.15) is 60.7 Å². The molecule has 4 saturated heterocycles. The fraction of sp³-hybridized carbons (Fsp3) is 0.571. The van der Waals surface area contributed by atoms with Crippen molar-refractivity contribution in [2.24, 2.45) is 10.8 Å². The third-order valence-corrected chi connectivity index (χ3v) is 20.6. The molecule has 0 radical (unpaired) electrons. The lowest BCUT2D eigenvalue weighted by Crippen LogP contribution is -2.58. The molecule has 4 aliphatic heterocycles. The number of hydrogen-bond acceptors (Lipinski definition) is 14. The monoisotopic (exact) mass is 1300 g/mol. The summed E-state index contributed by atoms with van der Waals surface area (Å²) in [4.78, 5) is 117. The molecular weight excluding hydrogens is 1210 g/mol. The van der Waals surface area contributed by atoms with Crippen LogP contribution in [0.2, 0.25) is 0 Å². The molecule has 4 heterocycles. The van der Waals surface area contributed by atoms with Crippen molar-refractivity contribution in [3.63, 3.8) is 0 Å². The van der Waals surface area contributed by atoms with Gasteiger partial charge in [0, 0.05) is 38.1 Å². The van der Waals surface area contributed by atoms with E-state index < -0.39 is 107 Å². The number of hydrogen-bond donors (Lipinski definition) is 4. The second-order valence-corrected chi connectivity index (χ2v) is 30.8. The number of thioether (sulfide) groups is 2.